The Morgan fingerprint density at radius 3 is 2.75 bits per heavy atom. The maximum absolute atomic E-state index is 12.4. The summed E-state index contributed by atoms with van der Waals surface area (Å²) in [7, 11) is 0. The lowest BCUT2D eigenvalue weighted by molar-refractivity contribution is 0.0517. The molecule has 1 aromatic carbocycles. The predicted octanol–water partition coefficient (Wildman–Crippen LogP) is 5.22. The second-order valence-corrected chi connectivity index (χ2v) is 7.35. The van der Waals surface area contributed by atoms with Crippen molar-refractivity contribution in [3.05, 3.63) is 63.5 Å². The molecule has 124 valence electrons. The molecule has 0 fully saturated rings. The Labute approximate surface area is 157 Å². The van der Waals surface area contributed by atoms with Crippen molar-refractivity contribution in [2.75, 3.05) is 6.61 Å². The van der Waals surface area contributed by atoms with Crippen LogP contribution in [0, 0.1) is 0 Å². The van der Waals surface area contributed by atoms with E-state index in [9.17, 15) is 4.79 Å². The van der Waals surface area contributed by atoms with E-state index in [1.54, 1.807) is 23.1 Å². The minimum Gasteiger partial charge on any atom is -0.461 e. The van der Waals surface area contributed by atoms with Crippen LogP contribution in [0.1, 0.15) is 23.1 Å². The number of halogens is 2. The van der Waals surface area contributed by atoms with Gasteiger partial charge in [-0.05, 0) is 59.3 Å². The van der Waals surface area contributed by atoms with Crippen molar-refractivity contribution in [2.45, 2.75) is 17.6 Å². The number of aromatic nitrogens is 2. The third-order valence-corrected chi connectivity index (χ3v) is 5.06. The molecule has 0 aliphatic rings. The number of pyridine rings is 1. The van der Waals surface area contributed by atoms with Crippen LogP contribution in [0.5, 0.6) is 0 Å². The minimum absolute atomic E-state index is 0.323. The monoisotopic (exact) mass is 424 g/mol. The molecule has 3 aromatic rings. The van der Waals surface area contributed by atoms with E-state index in [-0.39, 0.29) is 5.97 Å². The number of rotatable bonds is 5. The molecule has 0 saturated carbocycles. The fourth-order valence-electron chi connectivity index (χ4n) is 2.27. The summed E-state index contributed by atoms with van der Waals surface area (Å²) in [5.41, 5.74) is 1.88. The van der Waals surface area contributed by atoms with Gasteiger partial charge in [0.25, 0.3) is 0 Å². The normalized spacial score (nSPS) is 11.0. The van der Waals surface area contributed by atoms with E-state index in [1.807, 2.05) is 42.6 Å². The van der Waals surface area contributed by atoms with E-state index in [0.29, 0.717) is 34.4 Å². The van der Waals surface area contributed by atoms with E-state index in [0.717, 1.165) is 9.37 Å². The molecule has 0 unspecified atom stereocenters. The summed E-state index contributed by atoms with van der Waals surface area (Å²) < 4.78 is 7.83. The Morgan fingerprint density at radius 2 is 2.04 bits per heavy atom. The average Bonchev–Trinajstić information content (AvgIpc) is 2.92. The van der Waals surface area contributed by atoms with E-state index in [4.69, 9.17) is 16.3 Å². The standard InChI is InChI=1S/C17H14BrClN2O2S/c1-2-23-17(22)16-14(10-24-13-6-4-12(19)5-7-13)20-15-8-3-11(18)9-21(15)16/h3-9H,2,10H2,1H3. The lowest BCUT2D eigenvalue weighted by atomic mass is 10.3. The number of carbonyl (C=O) groups excluding carboxylic acids is 1. The van der Waals surface area contributed by atoms with E-state index in [2.05, 4.69) is 20.9 Å². The van der Waals surface area contributed by atoms with Crippen LogP contribution < -0.4 is 0 Å². The molecule has 0 spiro atoms. The number of nitrogens with zero attached hydrogens (tertiary/aromatic N) is 2. The first-order valence-corrected chi connectivity index (χ1v) is 9.46. The van der Waals surface area contributed by atoms with Crippen LogP contribution in [0.4, 0.5) is 0 Å². The van der Waals surface area contributed by atoms with Gasteiger partial charge in [-0.2, -0.15) is 0 Å². The molecule has 0 N–H and O–H groups in total. The molecular formula is C17H14BrClN2O2S. The molecule has 3 rings (SSSR count). The molecule has 0 amide bonds. The third kappa shape index (κ3) is 3.77. The lowest BCUT2D eigenvalue weighted by Crippen LogP contribution is -2.10. The number of hydrogen-bond acceptors (Lipinski definition) is 4. The fourth-order valence-corrected chi connectivity index (χ4v) is 3.56. The van der Waals surface area contributed by atoms with Crippen LogP contribution in [0.2, 0.25) is 5.02 Å². The van der Waals surface area contributed by atoms with Gasteiger partial charge < -0.3 is 4.74 Å². The van der Waals surface area contributed by atoms with Gasteiger partial charge in [-0.1, -0.05) is 11.6 Å². The van der Waals surface area contributed by atoms with Crippen molar-refractivity contribution in [2.24, 2.45) is 0 Å². The quantitative estimate of drug-likeness (QED) is 0.415. The highest BCUT2D eigenvalue weighted by Gasteiger charge is 2.20. The van der Waals surface area contributed by atoms with Crippen LogP contribution in [0.25, 0.3) is 5.65 Å². The molecule has 0 bridgehead atoms. The zero-order chi connectivity index (χ0) is 17.1. The molecule has 0 radical (unpaired) electrons. The SMILES string of the molecule is CCOC(=O)c1c(CSc2ccc(Cl)cc2)nc2ccc(Br)cn12. The van der Waals surface area contributed by atoms with Crippen molar-refractivity contribution in [3.63, 3.8) is 0 Å². The topological polar surface area (TPSA) is 43.6 Å². The van der Waals surface area contributed by atoms with Crippen molar-refractivity contribution in [1.29, 1.82) is 0 Å². The zero-order valence-electron chi connectivity index (χ0n) is 12.8. The van der Waals surface area contributed by atoms with Gasteiger partial charge in [-0.15, -0.1) is 11.8 Å². The van der Waals surface area contributed by atoms with Crippen molar-refractivity contribution < 1.29 is 9.53 Å². The number of carbonyl (C=O) groups is 1. The first kappa shape index (κ1) is 17.3. The van der Waals surface area contributed by atoms with Crippen molar-refractivity contribution in [3.8, 4) is 0 Å². The molecule has 2 heterocycles. The molecular weight excluding hydrogens is 412 g/mol. The van der Waals surface area contributed by atoms with Gasteiger partial charge >= 0.3 is 5.97 Å². The number of ether oxygens (including phenoxy) is 1. The number of thioether (sulfide) groups is 1. The molecule has 7 heteroatoms. The zero-order valence-corrected chi connectivity index (χ0v) is 16.0. The lowest BCUT2D eigenvalue weighted by Gasteiger charge is -2.05. The number of fused-ring (bicyclic) bond motifs is 1. The summed E-state index contributed by atoms with van der Waals surface area (Å²) in [5, 5.41) is 0.698. The van der Waals surface area contributed by atoms with Crippen LogP contribution >= 0.6 is 39.3 Å². The van der Waals surface area contributed by atoms with Gasteiger partial charge in [0.1, 0.15) is 5.65 Å². The Kier molecular flexibility index (Phi) is 5.48. The maximum Gasteiger partial charge on any atom is 0.357 e. The average molecular weight is 426 g/mol. The molecule has 4 nitrogen and oxygen atoms in total. The number of benzene rings is 1. The molecule has 0 atom stereocenters. The predicted molar refractivity (Wildman–Crippen MR) is 99.9 cm³/mol. The highest BCUT2D eigenvalue weighted by atomic mass is 79.9. The first-order chi connectivity index (χ1) is 11.6. The number of hydrogen-bond donors (Lipinski definition) is 0. The van der Waals surface area contributed by atoms with Gasteiger partial charge in [-0.3, -0.25) is 4.40 Å². The number of esters is 1. The van der Waals surface area contributed by atoms with Gasteiger partial charge in [0.15, 0.2) is 5.69 Å². The Bertz CT molecular complexity index is 880. The summed E-state index contributed by atoms with van der Waals surface area (Å²) in [6, 6.07) is 11.3. The van der Waals surface area contributed by atoms with E-state index < -0.39 is 0 Å². The smallest absolute Gasteiger partial charge is 0.357 e. The second-order valence-electron chi connectivity index (χ2n) is 4.95. The van der Waals surface area contributed by atoms with Gasteiger partial charge in [0, 0.05) is 26.3 Å². The highest BCUT2D eigenvalue weighted by Crippen LogP contribution is 2.27. The Morgan fingerprint density at radius 1 is 1.29 bits per heavy atom. The van der Waals surface area contributed by atoms with E-state index >= 15 is 0 Å². The fraction of sp³-hybridized carbons (Fsp3) is 0.176. The van der Waals surface area contributed by atoms with E-state index in [1.165, 1.54) is 0 Å². The molecule has 0 saturated heterocycles. The Hall–Kier alpha value is -1.50. The van der Waals surface area contributed by atoms with Crippen molar-refractivity contribution in [1.82, 2.24) is 9.38 Å². The first-order valence-electron chi connectivity index (χ1n) is 7.30. The summed E-state index contributed by atoms with van der Waals surface area (Å²) in [5.74, 6) is 0.199. The minimum atomic E-state index is -0.366. The third-order valence-electron chi connectivity index (χ3n) is 3.31. The van der Waals surface area contributed by atoms with Crippen LogP contribution in [-0.4, -0.2) is 22.0 Å². The molecule has 24 heavy (non-hydrogen) atoms. The van der Waals surface area contributed by atoms with Crippen molar-refractivity contribution >= 4 is 50.9 Å². The van der Waals surface area contributed by atoms with Gasteiger partial charge in [0.05, 0.1) is 12.3 Å². The number of imidazole rings is 1. The summed E-state index contributed by atoms with van der Waals surface area (Å²) in [6.45, 7) is 2.11. The largest absolute Gasteiger partial charge is 0.461 e. The summed E-state index contributed by atoms with van der Waals surface area (Å²) in [6.07, 6.45) is 1.82. The Balaban J connectivity index is 1.95. The van der Waals surface area contributed by atoms with Gasteiger partial charge in [-0.25, -0.2) is 9.78 Å². The summed E-state index contributed by atoms with van der Waals surface area (Å²) >= 11 is 10.9. The highest BCUT2D eigenvalue weighted by molar-refractivity contribution is 9.10. The van der Waals surface area contributed by atoms with Crippen LogP contribution in [0.15, 0.2) is 52.0 Å². The summed E-state index contributed by atoms with van der Waals surface area (Å²) in [4.78, 5) is 18.0. The van der Waals surface area contributed by atoms with Gasteiger partial charge in [0.2, 0.25) is 0 Å². The molecule has 2 aromatic heterocycles. The van der Waals surface area contributed by atoms with Crippen LogP contribution in [0.3, 0.4) is 0 Å². The second kappa shape index (κ2) is 7.59. The maximum atomic E-state index is 12.4. The van der Waals surface area contributed by atoms with Crippen LogP contribution in [-0.2, 0) is 10.5 Å². The molecule has 0 aliphatic heterocycles. The molecule has 0 aliphatic carbocycles.